The first-order valence-corrected chi connectivity index (χ1v) is 6.46. The van der Waals surface area contributed by atoms with Gasteiger partial charge in [0.05, 0.1) is 18.6 Å². The summed E-state index contributed by atoms with van der Waals surface area (Å²) in [5, 5.41) is 0. The Morgan fingerprint density at radius 1 is 1.40 bits per heavy atom. The van der Waals surface area contributed by atoms with Gasteiger partial charge in [-0.05, 0) is 31.0 Å². The van der Waals surface area contributed by atoms with Crippen LogP contribution in [0.1, 0.15) is 22.3 Å². The zero-order valence-electron chi connectivity index (χ0n) is 11.7. The Bertz CT molecular complexity index is 557. The van der Waals surface area contributed by atoms with Crippen molar-refractivity contribution in [3.63, 3.8) is 0 Å². The van der Waals surface area contributed by atoms with Crippen LogP contribution in [0, 0.1) is 12.8 Å². The zero-order chi connectivity index (χ0) is 14.9. The lowest BCUT2D eigenvalue weighted by Crippen LogP contribution is -2.27. The van der Waals surface area contributed by atoms with E-state index in [0.29, 0.717) is 17.8 Å². The van der Waals surface area contributed by atoms with Crippen LogP contribution in [0.5, 0.6) is 0 Å². The molecule has 1 unspecified atom stereocenters. The number of benzene rings is 1. The summed E-state index contributed by atoms with van der Waals surface area (Å²) in [4.78, 5) is 25.0. The van der Waals surface area contributed by atoms with E-state index in [1.165, 1.54) is 7.11 Å². The second-order valence-electron chi connectivity index (χ2n) is 5.05. The zero-order valence-corrected chi connectivity index (χ0v) is 11.7. The lowest BCUT2D eigenvalue weighted by atomic mass is 10.1. The lowest BCUT2D eigenvalue weighted by Gasteiger charge is -2.20. The van der Waals surface area contributed by atoms with E-state index in [2.05, 4.69) is 0 Å². The minimum atomic E-state index is -0.460. The van der Waals surface area contributed by atoms with E-state index < -0.39 is 5.97 Å². The van der Waals surface area contributed by atoms with Gasteiger partial charge in [-0.3, -0.25) is 4.79 Å². The number of anilines is 2. The fraction of sp³-hybridized carbons (Fsp3) is 0.429. The molecule has 1 saturated heterocycles. The van der Waals surface area contributed by atoms with Crippen molar-refractivity contribution in [2.45, 2.75) is 13.3 Å². The molecule has 0 aliphatic carbocycles. The van der Waals surface area contributed by atoms with Crippen LogP contribution < -0.4 is 16.4 Å². The number of amides is 1. The van der Waals surface area contributed by atoms with Crippen LogP contribution in [0.25, 0.3) is 0 Å². The second-order valence-corrected chi connectivity index (χ2v) is 5.05. The van der Waals surface area contributed by atoms with Crippen LogP contribution >= 0.6 is 0 Å². The third-order valence-electron chi connectivity index (χ3n) is 3.73. The number of rotatable bonds is 3. The van der Waals surface area contributed by atoms with Gasteiger partial charge in [0.25, 0.3) is 0 Å². The van der Waals surface area contributed by atoms with Crippen LogP contribution in [0.2, 0.25) is 0 Å². The molecule has 1 aliphatic rings. The van der Waals surface area contributed by atoms with Gasteiger partial charge in [0, 0.05) is 24.5 Å². The first-order chi connectivity index (χ1) is 9.43. The normalized spacial score (nSPS) is 18.1. The van der Waals surface area contributed by atoms with Crippen LogP contribution in [0.15, 0.2) is 12.1 Å². The molecular weight excluding hydrogens is 258 g/mol. The van der Waals surface area contributed by atoms with Crippen molar-refractivity contribution in [1.29, 1.82) is 0 Å². The van der Waals surface area contributed by atoms with Crippen molar-refractivity contribution >= 4 is 23.3 Å². The van der Waals surface area contributed by atoms with Crippen LogP contribution in [-0.2, 0) is 9.53 Å². The minimum absolute atomic E-state index is 0.144. The predicted molar refractivity (Wildman–Crippen MR) is 76.4 cm³/mol. The summed E-state index contributed by atoms with van der Waals surface area (Å²) in [5.74, 6) is -0.889. The molecule has 0 aromatic heterocycles. The average Bonchev–Trinajstić information content (AvgIpc) is 2.90. The van der Waals surface area contributed by atoms with Gasteiger partial charge in [0.2, 0.25) is 5.91 Å². The van der Waals surface area contributed by atoms with Gasteiger partial charge >= 0.3 is 5.97 Å². The van der Waals surface area contributed by atoms with Crippen molar-refractivity contribution in [3.05, 3.63) is 23.3 Å². The molecule has 1 aromatic carbocycles. The highest BCUT2D eigenvalue weighted by Crippen LogP contribution is 2.29. The first kappa shape index (κ1) is 14.2. The molecule has 6 nitrogen and oxygen atoms in total. The molecule has 1 heterocycles. The predicted octanol–water partition coefficient (Wildman–Crippen LogP) is 0.675. The standard InChI is InChI=1S/C14H19N3O3/c1-8-5-10(6-11(12(8)15)14(19)20-2)17-4-3-9(7-17)13(16)18/h5-6,9H,3-4,7,15H2,1-2H3,(H2,16,18). The summed E-state index contributed by atoms with van der Waals surface area (Å²) in [7, 11) is 1.32. The smallest absolute Gasteiger partial charge is 0.340 e. The lowest BCUT2D eigenvalue weighted by molar-refractivity contribution is -0.121. The second kappa shape index (κ2) is 5.40. The summed E-state index contributed by atoms with van der Waals surface area (Å²) >= 11 is 0. The van der Waals surface area contributed by atoms with Gasteiger partial charge in [-0.15, -0.1) is 0 Å². The molecule has 0 saturated carbocycles. The molecule has 2 rings (SSSR count). The summed E-state index contributed by atoms with van der Waals surface area (Å²) in [6.45, 7) is 3.14. The summed E-state index contributed by atoms with van der Waals surface area (Å²) in [6, 6.07) is 3.61. The minimum Gasteiger partial charge on any atom is -0.465 e. The molecule has 0 bridgehead atoms. The summed E-state index contributed by atoms with van der Waals surface area (Å²) < 4.78 is 4.74. The largest absolute Gasteiger partial charge is 0.465 e. The van der Waals surface area contributed by atoms with Gasteiger partial charge in [-0.2, -0.15) is 0 Å². The number of aryl methyl sites for hydroxylation is 1. The van der Waals surface area contributed by atoms with Crippen LogP contribution in [0.4, 0.5) is 11.4 Å². The molecule has 0 radical (unpaired) electrons. The maximum absolute atomic E-state index is 11.7. The van der Waals surface area contributed by atoms with Crippen molar-refractivity contribution < 1.29 is 14.3 Å². The highest BCUT2D eigenvalue weighted by Gasteiger charge is 2.27. The molecule has 108 valence electrons. The summed E-state index contributed by atoms with van der Waals surface area (Å²) in [6.07, 6.45) is 0.728. The van der Waals surface area contributed by atoms with Crippen molar-refractivity contribution in [1.82, 2.24) is 0 Å². The number of ether oxygens (including phenoxy) is 1. The SMILES string of the molecule is COC(=O)c1cc(N2CCC(C(N)=O)C2)cc(C)c1N. The number of primary amides is 1. The number of carbonyl (C=O) groups is 2. The van der Waals surface area contributed by atoms with Crippen LogP contribution in [0.3, 0.4) is 0 Å². The maximum Gasteiger partial charge on any atom is 0.340 e. The quantitative estimate of drug-likeness (QED) is 0.625. The van der Waals surface area contributed by atoms with Crippen molar-refractivity contribution in [2.24, 2.45) is 11.7 Å². The molecule has 6 heteroatoms. The Kier molecular flexibility index (Phi) is 3.83. The third-order valence-corrected chi connectivity index (χ3v) is 3.73. The number of nitrogens with two attached hydrogens (primary N) is 2. The Balaban J connectivity index is 2.32. The first-order valence-electron chi connectivity index (χ1n) is 6.46. The number of esters is 1. The molecule has 1 aliphatic heterocycles. The van der Waals surface area contributed by atoms with E-state index in [9.17, 15) is 9.59 Å². The Hall–Kier alpha value is -2.24. The van der Waals surface area contributed by atoms with Crippen molar-refractivity contribution in [3.8, 4) is 0 Å². The van der Waals surface area contributed by atoms with E-state index in [4.69, 9.17) is 16.2 Å². The molecular formula is C14H19N3O3. The van der Waals surface area contributed by atoms with E-state index in [1.807, 2.05) is 17.9 Å². The maximum atomic E-state index is 11.7. The number of hydrogen-bond acceptors (Lipinski definition) is 5. The summed E-state index contributed by atoms with van der Waals surface area (Å²) in [5.41, 5.74) is 13.7. The number of methoxy groups -OCH3 is 1. The van der Waals surface area contributed by atoms with E-state index in [0.717, 1.165) is 24.2 Å². The highest BCUT2D eigenvalue weighted by atomic mass is 16.5. The number of carbonyl (C=O) groups excluding carboxylic acids is 2. The van der Waals surface area contributed by atoms with Gasteiger partial charge in [-0.25, -0.2) is 4.79 Å². The van der Waals surface area contributed by atoms with E-state index in [1.54, 1.807) is 6.07 Å². The highest BCUT2D eigenvalue weighted by molar-refractivity contribution is 5.97. The number of nitrogen functional groups attached to an aromatic ring is 1. The molecule has 20 heavy (non-hydrogen) atoms. The monoisotopic (exact) mass is 277 g/mol. The van der Waals surface area contributed by atoms with Crippen LogP contribution in [-0.4, -0.2) is 32.1 Å². The fourth-order valence-electron chi connectivity index (χ4n) is 2.47. The van der Waals surface area contributed by atoms with E-state index in [-0.39, 0.29) is 11.8 Å². The number of hydrogen-bond donors (Lipinski definition) is 2. The van der Waals surface area contributed by atoms with Crippen molar-refractivity contribution in [2.75, 3.05) is 30.8 Å². The Labute approximate surface area is 117 Å². The van der Waals surface area contributed by atoms with E-state index >= 15 is 0 Å². The van der Waals surface area contributed by atoms with Gasteiger partial charge in [-0.1, -0.05) is 0 Å². The topological polar surface area (TPSA) is 98.6 Å². The molecule has 1 aromatic rings. The molecule has 0 spiro atoms. The molecule has 1 amide bonds. The fourth-order valence-corrected chi connectivity index (χ4v) is 2.47. The molecule has 1 atom stereocenters. The van der Waals surface area contributed by atoms with Gasteiger partial charge < -0.3 is 21.1 Å². The molecule has 1 fully saturated rings. The van der Waals surface area contributed by atoms with Gasteiger partial charge in [0.15, 0.2) is 0 Å². The number of nitrogens with zero attached hydrogens (tertiary/aromatic N) is 1. The Morgan fingerprint density at radius 3 is 2.65 bits per heavy atom. The average molecular weight is 277 g/mol. The molecule has 4 N–H and O–H groups in total. The third kappa shape index (κ3) is 2.54. The Morgan fingerprint density at radius 2 is 2.10 bits per heavy atom. The van der Waals surface area contributed by atoms with Gasteiger partial charge in [0.1, 0.15) is 0 Å².